The van der Waals surface area contributed by atoms with Crippen molar-refractivity contribution < 1.29 is 45.2 Å². The maximum Gasteiger partial charge on any atom is 2.00 e. The van der Waals surface area contributed by atoms with Gasteiger partial charge >= 0.3 is 20.4 Å². The van der Waals surface area contributed by atoms with Crippen molar-refractivity contribution in [2.24, 2.45) is 11.8 Å². The molecule has 0 N–H and O–H groups in total. The third kappa shape index (κ3) is 2.20. The zero-order chi connectivity index (χ0) is 4.69. The number of fused-ring (bicyclic) bond motifs is 2. The summed E-state index contributed by atoms with van der Waals surface area (Å²) in [6, 6.07) is 0. The molecule has 0 aromatic rings. The molecule has 0 amide bonds. The Morgan fingerprint density at radius 3 is 1.20 bits per heavy atom. The zero-order valence-corrected chi connectivity index (χ0v) is 8.00. The molecule has 10 heavy (non-hydrogen) atoms. The summed E-state index contributed by atoms with van der Waals surface area (Å²) >= 11 is 0. The summed E-state index contributed by atoms with van der Waals surface area (Å²) in [4.78, 5) is 0. The van der Waals surface area contributed by atoms with E-state index in [1.165, 1.54) is 0 Å². The first kappa shape index (κ1) is 13.0. The normalized spacial score (nSPS) is 27.2. The fourth-order valence-electron chi connectivity index (χ4n) is 0.946. The van der Waals surface area contributed by atoms with E-state index in [1.54, 1.807) is 0 Å². The average molecular weight is 265 g/mol. The molecule has 2 aliphatic rings. The van der Waals surface area contributed by atoms with Gasteiger partial charge in [-0.3, -0.25) is 0 Å². The summed E-state index contributed by atoms with van der Waals surface area (Å²) in [6.07, 6.45) is 1.14. The minimum Gasteiger partial charge on any atom is -1.00 e. The van der Waals surface area contributed by atoms with E-state index in [2.05, 4.69) is 23.7 Å². The molecule has 0 aromatic carbocycles. The molecule has 0 aliphatic heterocycles. The quantitative estimate of drug-likeness (QED) is 0.303. The molecule has 0 radical (unpaired) electrons. The van der Waals surface area contributed by atoms with Gasteiger partial charge in [0.2, 0.25) is 0 Å². The molecular formula is C7H4Cl2Pd. The largest absolute Gasteiger partial charge is 2.00 e. The predicted molar refractivity (Wildman–Crippen MR) is 27.1 cm³/mol. The first-order valence-corrected chi connectivity index (χ1v) is 2.47. The molecule has 0 saturated heterocycles. The van der Waals surface area contributed by atoms with Crippen molar-refractivity contribution in [1.82, 2.24) is 0 Å². The molecule has 2 aliphatic carbocycles. The molecule has 0 atom stereocenters. The van der Waals surface area contributed by atoms with Crippen LogP contribution in [0.1, 0.15) is 6.42 Å². The number of halogens is 2. The van der Waals surface area contributed by atoms with E-state index in [4.69, 9.17) is 0 Å². The van der Waals surface area contributed by atoms with Crippen LogP contribution in [0, 0.1) is 35.5 Å². The molecule has 0 aromatic heterocycles. The molecule has 0 fully saturated rings. The molecule has 56 valence electrons. The summed E-state index contributed by atoms with van der Waals surface area (Å²) in [7, 11) is 0. The van der Waals surface area contributed by atoms with Crippen LogP contribution in [0.5, 0.6) is 0 Å². The predicted octanol–water partition coefficient (Wildman–Crippen LogP) is -5.35. The van der Waals surface area contributed by atoms with Crippen molar-refractivity contribution in [2.75, 3.05) is 0 Å². The fraction of sp³-hybridized carbons (Fsp3) is 0.429. The van der Waals surface area contributed by atoms with Crippen LogP contribution in [-0.2, 0) is 20.4 Å². The minimum atomic E-state index is 0. The topological polar surface area (TPSA) is 0 Å². The first-order valence-electron chi connectivity index (χ1n) is 2.47. The average Bonchev–Trinajstić information content (AvgIpc) is 2.22. The summed E-state index contributed by atoms with van der Waals surface area (Å²) in [5.41, 5.74) is 0. The van der Waals surface area contributed by atoms with E-state index >= 15 is 0 Å². The van der Waals surface area contributed by atoms with Crippen LogP contribution in [0.2, 0.25) is 0 Å². The zero-order valence-electron chi connectivity index (χ0n) is 4.93. The number of hydrogen-bond donors (Lipinski definition) is 0. The Hall–Kier alpha value is 0.362. The molecule has 2 rings (SSSR count). The second-order valence-corrected chi connectivity index (χ2v) is 1.92. The van der Waals surface area contributed by atoms with Crippen LogP contribution in [0.4, 0.5) is 0 Å². The standard InChI is InChI=1S/C7H4.2ClH.Pd/c1-2-7-4-3-6(1)5-7;;;/h6-7H,5H2;2*1H;/q;;;+2/p-2. The van der Waals surface area contributed by atoms with Crippen molar-refractivity contribution in [3.63, 3.8) is 0 Å². The van der Waals surface area contributed by atoms with Gasteiger partial charge in [-0.25, -0.2) is 0 Å². The number of hydrogen-bond acceptors (Lipinski definition) is 0. The van der Waals surface area contributed by atoms with Crippen LogP contribution < -0.4 is 24.8 Å². The monoisotopic (exact) mass is 264 g/mol. The summed E-state index contributed by atoms with van der Waals surface area (Å²) in [5.74, 6) is 13.0. The van der Waals surface area contributed by atoms with Crippen molar-refractivity contribution in [1.29, 1.82) is 0 Å². The smallest absolute Gasteiger partial charge is 1.00 e. The molecule has 0 saturated carbocycles. The Kier molecular flexibility index (Phi) is 6.59. The van der Waals surface area contributed by atoms with Gasteiger partial charge in [0, 0.05) is 0 Å². The second kappa shape index (κ2) is 5.07. The van der Waals surface area contributed by atoms with Gasteiger partial charge in [-0.15, -0.1) is 0 Å². The van der Waals surface area contributed by atoms with Crippen LogP contribution in [-0.4, -0.2) is 0 Å². The Bertz CT molecular complexity index is 175. The van der Waals surface area contributed by atoms with Crippen LogP contribution in [0.25, 0.3) is 0 Å². The van der Waals surface area contributed by atoms with Gasteiger partial charge in [-0.2, -0.15) is 0 Å². The Morgan fingerprint density at radius 1 is 0.800 bits per heavy atom. The van der Waals surface area contributed by atoms with E-state index < -0.39 is 0 Å². The van der Waals surface area contributed by atoms with Crippen LogP contribution >= 0.6 is 0 Å². The third-order valence-electron chi connectivity index (χ3n) is 1.33. The maximum absolute atomic E-state index is 3.03. The molecule has 0 nitrogen and oxygen atoms in total. The van der Waals surface area contributed by atoms with Gasteiger partial charge in [-0.1, -0.05) is 23.7 Å². The molecule has 2 bridgehead atoms. The van der Waals surface area contributed by atoms with Gasteiger partial charge in [0.05, 0.1) is 11.8 Å². The fourth-order valence-corrected chi connectivity index (χ4v) is 0.946. The molecular weight excluding hydrogens is 261 g/mol. The SMILES string of the molecule is C1#CC2C#CC1C2.[Cl-].[Cl-].[Pd+2]. The van der Waals surface area contributed by atoms with Crippen LogP contribution in [0.3, 0.4) is 0 Å². The maximum atomic E-state index is 3.03. The molecule has 0 unspecified atom stereocenters. The van der Waals surface area contributed by atoms with Gasteiger partial charge in [0.25, 0.3) is 0 Å². The van der Waals surface area contributed by atoms with Crippen molar-refractivity contribution in [2.45, 2.75) is 6.42 Å². The summed E-state index contributed by atoms with van der Waals surface area (Å²) in [5, 5.41) is 0. The molecule has 3 heteroatoms. The first-order chi connectivity index (χ1) is 3.45. The van der Waals surface area contributed by atoms with Gasteiger partial charge in [0.15, 0.2) is 0 Å². The van der Waals surface area contributed by atoms with E-state index in [1.807, 2.05) is 0 Å². The van der Waals surface area contributed by atoms with Crippen molar-refractivity contribution >= 4 is 0 Å². The van der Waals surface area contributed by atoms with Crippen molar-refractivity contribution in [3.8, 4) is 23.7 Å². The van der Waals surface area contributed by atoms with Crippen molar-refractivity contribution in [3.05, 3.63) is 0 Å². The molecule has 0 heterocycles. The Morgan fingerprint density at radius 2 is 1.10 bits per heavy atom. The van der Waals surface area contributed by atoms with E-state index in [0.717, 1.165) is 6.42 Å². The van der Waals surface area contributed by atoms with E-state index in [9.17, 15) is 0 Å². The molecule has 0 spiro atoms. The number of rotatable bonds is 0. The minimum absolute atomic E-state index is 0. The van der Waals surface area contributed by atoms with Gasteiger partial charge in [0.1, 0.15) is 0 Å². The summed E-state index contributed by atoms with van der Waals surface area (Å²) in [6.45, 7) is 0. The van der Waals surface area contributed by atoms with E-state index in [0.29, 0.717) is 11.8 Å². The van der Waals surface area contributed by atoms with E-state index in [-0.39, 0.29) is 45.2 Å². The Labute approximate surface area is 87.0 Å². The van der Waals surface area contributed by atoms with Gasteiger partial charge < -0.3 is 24.8 Å². The van der Waals surface area contributed by atoms with Gasteiger partial charge in [-0.05, 0) is 6.42 Å². The summed E-state index contributed by atoms with van der Waals surface area (Å²) < 4.78 is 0. The Balaban J connectivity index is 0. The third-order valence-corrected chi connectivity index (χ3v) is 1.33. The second-order valence-electron chi connectivity index (χ2n) is 1.92. The van der Waals surface area contributed by atoms with Crippen LogP contribution in [0.15, 0.2) is 0 Å².